The summed E-state index contributed by atoms with van der Waals surface area (Å²) in [6, 6.07) is 0. The first-order valence-corrected chi connectivity index (χ1v) is 3.34. The zero-order valence-electron chi connectivity index (χ0n) is 7.13. The van der Waals surface area contributed by atoms with Crippen molar-refractivity contribution in [1.82, 2.24) is 10.4 Å². The standard InChI is InChI=1S/C7H14N2O2/c1-8-7(10)5-4-6-9(2)11-3/h4-5H,6H2,1-3H3,(H,8,10)/b5-4+. The summed E-state index contributed by atoms with van der Waals surface area (Å²) in [7, 11) is 4.95. The zero-order valence-corrected chi connectivity index (χ0v) is 7.13. The topological polar surface area (TPSA) is 41.6 Å². The second kappa shape index (κ2) is 5.88. The minimum atomic E-state index is -0.102. The Labute approximate surface area is 66.8 Å². The number of likely N-dealkylation sites (N-methyl/N-ethyl adjacent to an activating group) is 2. The number of nitrogens with zero attached hydrogens (tertiary/aromatic N) is 1. The normalized spacial score (nSPS) is 10.9. The summed E-state index contributed by atoms with van der Waals surface area (Å²) in [5.41, 5.74) is 0. The van der Waals surface area contributed by atoms with Gasteiger partial charge < -0.3 is 10.2 Å². The molecule has 0 atom stereocenters. The van der Waals surface area contributed by atoms with Crippen LogP contribution in [0.25, 0.3) is 0 Å². The Morgan fingerprint density at radius 3 is 2.82 bits per heavy atom. The van der Waals surface area contributed by atoms with E-state index in [0.717, 1.165) is 0 Å². The van der Waals surface area contributed by atoms with Crippen molar-refractivity contribution < 1.29 is 9.63 Å². The van der Waals surface area contributed by atoms with Gasteiger partial charge in [0.2, 0.25) is 5.91 Å². The van der Waals surface area contributed by atoms with Gasteiger partial charge in [-0.2, -0.15) is 5.06 Å². The molecule has 11 heavy (non-hydrogen) atoms. The van der Waals surface area contributed by atoms with E-state index >= 15 is 0 Å². The molecule has 0 aliphatic rings. The molecule has 0 fully saturated rings. The van der Waals surface area contributed by atoms with Crippen molar-refractivity contribution in [3.8, 4) is 0 Å². The van der Waals surface area contributed by atoms with Crippen molar-refractivity contribution in [2.75, 3.05) is 27.7 Å². The zero-order chi connectivity index (χ0) is 8.69. The van der Waals surface area contributed by atoms with E-state index in [4.69, 9.17) is 4.84 Å². The predicted molar refractivity (Wildman–Crippen MR) is 42.8 cm³/mol. The summed E-state index contributed by atoms with van der Waals surface area (Å²) in [6.45, 7) is 0.601. The highest BCUT2D eigenvalue weighted by Gasteiger charge is 1.90. The van der Waals surface area contributed by atoms with Crippen molar-refractivity contribution in [2.24, 2.45) is 0 Å². The number of hydroxylamine groups is 2. The van der Waals surface area contributed by atoms with E-state index in [0.29, 0.717) is 6.54 Å². The maximum absolute atomic E-state index is 10.6. The van der Waals surface area contributed by atoms with Crippen LogP contribution in [0.1, 0.15) is 0 Å². The minimum absolute atomic E-state index is 0.102. The Morgan fingerprint density at radius 1 is 1.73 bits per heavy atom. The van der Waals surface area contributed by atoms with Crippen molar-refractivity contribution in [3.63, 3.8) is 0 Å². The predicted octanol–water partition coefficient (Wildman–Crippen LogP) is -0.218. The summed E-state index contributed by atoms with van der Waals surface area (Å²) < 4.78 is 0. The molecule has 4 nitrogen and oxygen atoms in total. The molecule has 0 rings (SSSR count). The van der Waals surface area contributed by atoms with Gasteiger partial charge in [-0.05, 0) is 0 Å². The summed E-state index contributed by atoms with van der Waals surface area (Å²) in [5.74, 6) is -0.102. The molecule has 0 aromatic rings. The first-order valence-electron chi connectivity index (χ1n) is 3.34. The Morgan fingerprint density at radius 2 is 2.36 bits per heavy atom. The minimum Gasteiger partial charge on any atom is -0.356 e. The molecule has 0 unspecified atom stereocenters. The summed E-state index contributed by atoms with van der Waals surface area (Å²) in [6.07, 6.45) is 3.19. The van der Waals surface area contributed by atoms with E-state index < -0.39 is 0 Å². The van der Waals surface area contributed by atoms with E-state index in [1.807, 2.05) is 0 Å². The van der Waals surface area contributed by atoms with E-state index in [-0.39, 0.29) is 5.91 Å². The van der Waals surface area contributed by atoms with Gasteiger partial charge in [-0.3, -0.25) is 4.79 Å². The lowest BCUT2D eigenvalue weighted by Gasteiger charge is -2.08. The van der Waals surface area contributed by atoms with E-state index in [1.54, 1.807) is 32.3 Å². The molecule has 0 spiro atoms. The van der Waals surface area contributed by atoms with Crippen LogP contribution >= 0.6 is 0 Å². The van der Waals surface area contributed by atoms with Crippen LogP contribution in [0.3, 0.4) is 0 Å². The fourth-order valence-corrected chi connectivity index (χ4v) is 0.466. The first kappa shape index (κ1) is 10.1. The van der Waals surface area contributed by atoms with E-state index in [9.17, 15) is 4.79 Å². The SMILES string of the molecule is CNC(=O)/C=C/CN(C)OC. The number of carbonyl (C=O) groups excluding carboxylic acids is 1. The highest BCUT2D eigenvalue weighted by Crippen LogP contribution is 1.81. The van der Waals surface area contributed by atoms with Crippen molar-refractivity contribution >= 4 is 5.91 Å². The molecule has 4 heteroatoms. The Kier molecular flexibility index (Phi) is 5.42. The molecule has 0 radical (unpaired) electrons. The van der Waals surface area contributed by atoms with Crippen LogP contribution in [0.4, 0.5) is 0 Å². The quantitative estimate of drug-likeness (QED) is 0.454. The van der Waals surface area contributed by atoms with Crippen molar-refractivity contribution in [1.29, 1.82) is 0 Å². The number of carbonyl (C=O) groups is 1. The Balaban J connectivity index is 3.51. The molecular weight excluding hydrogens is 144 g/mol. The van der Waals surface area contributed by atoms with Gasteiger partial charge in [0.1, 0.15) is 0 Å². The van der Waals surface area contributed by atoms with Gasteiger partial charge in [0.25, 0.3) is 0 Å². The lowest BCUT2D eigenvalue weighted by atomic mass is 10.4. The molecule has 1 N–H and O–H groups in total. The maximum Gasteiger partial charge on any atom is 0.243 e. The monoisotopic (exact) mass is 158 g/mol. The van der Waals surface area contributed by atoms with Crippen LogP contribution in [0.5, 0.6) is 0 Å². The van der Waals surface area contributed by atoms with Gasteiger partial charge in [0, 0.05) is 26.7 Å². The molecular formula is C7H14N2O2. The van der Waals surface area contributed by atoms with Crippen LogP contribution in [-0.2, 0) is 9.63 Å². The van der Waals surface area contributed by atoms with Crippen molar-refractivity contribution in [3.05, 3.63) is 12.2 Å². The smallest absolute Gasteiger partial charge is 0.243 e. The third-order valence-electron chi connectivity index (χ3n) is 1.19. The van der Waals surface area contributed by atoms with Gasteiger partial charge in [0.15, 0.2) is 0 Å². The van der Waals surface area contributed by atoms with Crippen LogP contribution in [0, 0.1) is 0 Å². The van der Waals surface area contributed by atoms with Crippen LogP contribution < -0.4 is 5.32 Å². The van der Waals surface area contributed by atoms with Gasteiger partial charge in [-0.1, -0.05) is 6.08 Å². The molecule has 0 aromatic heterocycles. The molecule has 0 saturated carbocycles. The van der Waals surface area contributed by atoms with Gasteiger partial charge in [-0.15, -0.1) is 0 Å². The highest BCUT2D eigenvalue weighted by atomic mass is 16.7. The van der Waals surface area contributed by atoms with Crippen LogP contribution in [-0.4, -0.2) is 38.7 Å². The number of nitrogens with one attached hydrogen (secondary N) is 1. The lowest BCUT2D eigenvalue weighted by Crippen LogP contribution is -2.18. The first-order chi connectivity index (χ1) is 5.20. The largest absolute Gasteiger partial charge is 0.356 e. The number of rotatable bonds is 4. The molecule has 0 bridgehead atoms. The maximum atomic E-state index is 10.6. The van der Waals surface area contributed by atoms with Crippen LogP contribution in [0.2, 0.25) is 0 Å². The molecule has 0 aliphatic heterocycles. The van der Waals surface area contributed by atoms with Crippen molar-refractivity contribution in [2.45, 2.75) is 0 Å². The lowest BCUT2D eigenvalue weighted by molar-refractivity contribution is -0.116. The summed E-state index contributed by atoms with van der Waals surface area (Å²) in [4.78, 5) is 15.4. The number of amides is 1. The fourth-order valence-electron chi connectivity index (χ4n) is 0.466. The molecule has 0 saturated heterocycles. The molecule has 0 aliphatic carbocycles. The number of hydrogen-bond acceptors (Lipinski definition) is 3. The third kappa shape index (κ3) is 5.57. The summed E-state index contributed by atoms with van der Waals surface area (Å²) in [5, 5.41) is 4.08. The second-order valence-corrected chi connectivity index (χ2v) is 2.01. The number of hydrogen-bond donors (Lipinski definition) is 1. The van der Waals surface area contributed by atoms with Gasteiger partial charge in [0.05, 0.1) is 7.11 Å². The fraction of sp³-hybridized carbons (Fsp3) is 0.571. The molecule has 1 amide bonds. The molecule has 0 aromatic carbocycles. The molecule has 64 valence electrons. The summed E-state index contributed by atoms with van der Waals surface area (Å²) >= 11 is 0. The van der Waals surface area contributed by atoms with Gasteiger partial charge >= 0.3 is 0 Å². The third-order valence-corrected chi connectivity index (χ3v) is 1.19. The average Bonchev–Trinajstić information content (AvgIpc) is 2.04. The van der Waals surface area contributed by atoms with Gasteiger partial charge in [-0.25, -0.2) is 0 Å². The Bertz CT molecular complexity index is 145. The Hall–Kier alpha value is -0.870. The van der Waals surface area contributed by atoms with Crippen LogP contribution in [0.15, 0.2) is 12.2 Å². The van der Waals surface area contributed by atoms with E-state index in [1.165, 1.54) is 6.08 Å². The second-order valence-electron chi connectivity index (χ2n) is 2.01. The highest BCUT2D eigenvalue weighted by molar-refractivity contribution is 5.87. The average molecular weight is 158 g/mol. The molecule has 0 heterocycles. The van der Waals surface area contributed by atoms with E-state index in [2.05, 4.69) is 5.32 Å².